The smallest absolute Gasteiger partial charge is 0.338 e. The standard InChI is InChI=1S/C34H38N4O4.C27H22N2O6.C8H19N3/c1-23-21-28-29(22-27(23)34(41)42-3)36-33(40)31(28)32(25-9-5-4-6-10-25)35-26-14-12-24(13-15-26)30(39)11-7-17-38-18-8-16-37(2)19-20-38;1-15-13-21-22(14-20(15)27(34)35-3)29(16(2)30)25(31)23(21)24(17-7-5-4-6-8-17)28-19-11-9-18(10-12-19)26(32)33;1-10-4-2-5-11(6-3-9)8-7-10/h4-6,9-10,12-15,21-22,36,40H,7-8,11,16-20H2,1-3H3;4-14,31H,1-3H3,(H,32,33);2-9H2,1H3. The summed E-state index contributed by atoms with van der Waals surface area (Å²) in [6.07, 6.45) is 3.82. The first-order chi connectivity index (χ1) is 42.4. The van der Waals surface area contributed by atoms with Gasteiger partial charge in [-0.25, -0.2) is 24.4 Å². The van der Waals surface area contributed by atoms with E-state index in [-0.39, 0.29) is 28.7 Å². The number of rotatable bonds is 16. The van der Waals surface area contributed by atoms with Gasteiger partial charge >= 0.3 is 17.9 Å². The van der Waals surface area contributed by atoms with E-state index in [0.29, 0.717) is 79.0 Å². The highest BCUT2D eigenvalue weighted by atomic mass is 16.5. The van der Waals surface area contributed by atoms with Crippen molar-refractivity contribution in [3.63, 3.8) is 0 Å². The second kappa shape index (κ2) is 30.5. The van der Waals surface area contributed by atoms with Gasteiger partial charge in [-0.05, 0) is 164 Å². The van der Waals surface area contributed by atoms with Crippen LogP contribution in [0.15, 0.2) is 143 Å². The van der Waals surface area contributed by atoms with Crippen LogP contribution in [0.2, 0.25) is 0 Å². The van der Waals surface area contributed by atoms with E-state index in [1.807, 2.05) is 97.9 Å². The fourth-order valence-electron chi connectivity index (χ4n) is 11.0. The molecule has 0 saturated carbocycles. The van der Waals surface area contributed by atoms with Gasteiger partial charge in [0.05, 0.1) is 70.4 Å². The van der Waals surface area contributed by atoms with Crippen molar-refractivity contribution < 1.29 is 48.8 Å². The molecule has 460 valence electrons. The van der Waals surface area contributed by atoms with Crippen molar-refractivity contribution in [1.82, 2.24) is 29.2 Å². The number of hydrogen-bond acceptors (Lipinski definition) is 16. The summed E-state index contributed by atoms with van der Waals surface area (Å²) < 4.78 is 10.9. The summed E-state index contributed by atoms with van der Waals surface area (Å²) in [6, 6.07) is 38.9. The van der Waals surface area contributed by atoms with Crippen LogP contribution >= 0.6 is 0 Å². The molecule has 4 heterocycles. The van der Waals surface area contributed by atoms with Gasteiger partial charge < -0.3 is 55.1 Å². The van der Waals surface area contributed by atoms with Crippen LogP contribution in [0.1, 0.15) is 112 Å². The second-order valence-corrected chi connectivity index (χ2v) is 22.1. The molecule has 0 spiro atoms. The largest absolute Gasteiger partial charge is 0.494 e. The summed E-state index contributed by atoms with van der Waals surface area (Å²) in [5.74, 6) is -2.73. The molecule has 8 aromatic rings. The number of nitrogens with one attached hydrogen (secondary N) is 1. The summed E-state index contributed by atoms with van der Waals surface area (Å²) in [6.45, 7) is 16.9. The molecule has 0 amide bonds. The number of ether oxygens (including phenoxy) is 2. The second-order valence-electron chi connectivity index (χ2n) is 22.1. The van der Waals surface area contributed by atoms with Gasteiger partial charge in [-0.1, -0.05) is 60.7 Å². The predicted octanol–water partition coefficient (Wildman–Crippen LogP) is 10.3. The maximum Gasteiger partial charge on any atom is 0.338 e. The Morgan fingerprint density at radius 3 is 1.57 bits per heavy atom. The Morgan fingerprint density at radius 2 is 1.07 bits per heavy atom. The summed E-state index contributed by atoms with van der Waals surface area (Å²) in [5.41, 5.74) is 13.7. The molecule has 6 N–H and O–H groups in total. The lowest BCUT2D eigenvalue weighted by molar-refractivity contribution is 0.0591. The van der Waals surface area contributed by atoms with E-state index < -0.39 is 23.8 Å². The SMILES string of the molecule is CN1CCCN(CCN)CC1.COC(=O)c1cc2[nH]c(O)c(C(=Nc3ccc(C(=O)CCCN4CCCN(C)CC4)cc3)c3ccccc3)c2cc1C.COC(=O)c1cc2c(cc1C)c(C(=Nc1ccc(C(=O)O)cc1)c1ccccc1)c(O)n2C(C)=O. The highest BCUT2D eigenvalue weighted by Crippen LogP contribution is 2.37. The molecule has 2 aliphatic heterocycles. The maximum atomic E-state index is 12.9. The number of esters is 2. The normalized spacial score (nSPS) is 14.7. The van der Waals surface area contributed by atoms with Gasteiger partial charge in [0, 0.05) is 85.6 Å². The number of aromatic amines is 1. The van der Waals surface area contributed by atoms with Crippen molar-refractivity contribution in [2.75, 3.05) is 100 Å². The first-order valence-corrected chi connectivity index (χ1v) is 29.6. The highest BCUT2D eigenvalue weighted by molar-refractivity contribution is 6.24. The summed E-state index contributed by atoms with van der Waals surface area (Å²) >= 11 is 0. The first-order valence-electron chi connectivity index (χ1n) is 29.6. The van der Waals surface area contributed by atoms with E-state index in [2.05, 4.69) is 38.7 Å². The van der Waals surface area contributed by atoms with Gasteiger partial charge in [0.1, 0.15) is 0 Å². The molecule has 2 saturated heterocycles. The number of aryl methyl sites for hydroxylation is 2. The highest BCUT2D eigenvalue weighted by Gasteiger charge is 2.27. The van der Waals surface area contributed by atoms with E-state index in [0.717, 1.165) is 73.3 Å². The zero-order valence-corrected chi connectivity index (χ0v) is 51.2. The van der Waals surface area contributed by atoms with E-state index in [1.54, 1.807) is 31.2 Å². The molecule has 0 bridgehead atoms. The number of aliphatic imine (C=N–C) groups is 2. The minimum absolute atomic E-state index is 0.0446. The van der Waals surface area contributed by atoms with Crippen molar-refractivity contribution in [2.24, 2.45) is 15.7 Å². The number of aromatic nitrogens is 2. The number of aromatic hydroxyl groups is 2. The Labute approximate surface area is 513 Å². The number of benzene rings is 6. The molecule has 19 heteroatoms. The molecule has 2 aliphatic rings. The average Bonchev–Trinajstić information content (AvgIpc) is 1.66. The quantitative estimate of drug-likeness (QED) is 0.0343. The zero-order chi connectivity index (χ0) is 63.0. The molecule has 10 rings (SSSR count). The number of aromatic carboxylic acids is 1. The van der Waals surface area contributed by atoms with Gasteiger partial charge in [0.15, 0.2) is 11.7 Å². The number of likely N-dealkylation sites (N-methyl/N-ethyl adjacent to an activating group) is 2. The minimum Gasteiger partial charge on any atom is -0.494 e. The van der Waals surface area contributed by atoms with Crippen molar-refractivity contribution >= 4 is 74.2 Å². The van der Waals surface area contributed by atoms with Gasteiger partial charge in [0.25, 0.3) is 0 Å². The molecule has 88 heavy (non-hydrogen) atoms. The minimum atomic E-state index is -1.05. The summed E-state index contributed by atoms with van der Waals surface area (Å²) in [7, 11) is 6.97. The summed E-state index contributed by atoms with van der Waals surface area (Å²) in [4.78, 5) is 83.6. The van der Waals surface area contributed by atoms with E-state index in [4.69, 9.17) is 25.2 Å². The molecular formula is C69H79N9O10. The first kappa shape index (κ1) is 64.9. The van der Waals surface area contributed by atoms with Crippen molar-refractivity contribution in [3.8, 4) is 11.8 Å². The monoisotopic (exact) mass is 1190 g/mol. The number of nitrogens with two attached hydrogens (primary N) is 1. The van der Waals surface area contributed by atoms with Crippen LogP contribution in [-0.4, -0.2) is 186 Å². The van der Waals surface area contributed by atoms with Crippen LogP contribution in [0.25, 0.3) is 21.8 Å². The van der Waals surface area contributed by atoms with Crippen LogP contribution in [0.3, 0.4) is 0 Å². The lowest BCUT2D eigenvalue weighted by Crippen LogP contribution is -2.32. The van der Waals surface area contributed by atoms with Crippen LogP contribution in [0, 0.1) is 13.8 Å². The number of methoxy groups -OCH3 is 2. The van der Waals surface area contributed by atoms with E-state index >= 15 is 0 Å². The number of carboxylic acid groups (broad SMARTS) is 1. The number of carbonyl (C=O) groups excluding carboxylic acids is 4. The Hall–Kier alpha value is -9.11. The Morgan fingerprint density at radius 1 is 0.580 bits per heavy atom. The topological polar surface area (TPSA) is 249 Å². The molecule has 0 unspecified atom stereocenters. The molecule has 0 radical (unpaired) electrons. The van der Waals surface area contributed by atoms with Gasteiger partial charge in [-0.15, -0.1) is 0 Å². The van der Waals surface area contributed by atoms with Crippen LogP contribution in [-0.2, 0) is 9.47 Å². The van der Waals surface area contributed by atoms with Crippen molar-refractivity contribution in [1.29, 1.82) is 0 Å². The summed E-state index contributed by atoms with van der Waals surface area (Å²) in [5, 5.41) is 32.7. The Balaban J connectivity index is 0.000000196. The fraction of sp³-hybridized carbons (Fsp3) is 0.319. The van der Waals surface area contributed by atoms with Gasteiger partial charge in [0.2, 0.25) is 11.8 Å². The number of carboxylic acids is 1. The Kier molecular flexibility index (Phi) is 22.5. The van der Waals surface area contributed by atoms with Crippen LogP contribution in [0.4, 0.5) is 11.4 Å². The number of H-pyrrole nitrogens is 1. The van der Waals surface area contributed by atoms with Gasteiger partial charge in [-0.2, -0.15) is 0 Å². The predicted molar refractivity (Wildman–Crippen MR) is 345 cm³/mol. The van der Waals surface area contributed by atoms with Crippen LogP contribution in [0.5, 0.6) is 11.8 Å². The van der Waals surface area contributed by atoms with Crippen LogP contribution < -0.4 is 5.73 Å². The third-order valence-corrected chi connectivity index (χ3v) is 15.8. The number of nitrogens with zero attached hydrogens (tertiary/aromatic N) is 7. The average molecular weight is 1190 g/mol. The molecule has 6 aromatic carbocycles. The fourth-order valence-corrected chi connectivity index (χ4v) is 11.0. The third kappa shape index (κ3) is 16.1. The third-order valence-electron chi connectivity index (χ3n) is 15.8. The molecule has 2 aromatic heterocycles. The molecule has 0 aliphatic carbocycles. The molecule has 0 atom stereocenters. The van der Waals surface area contributed by atoms with E-state index in [9.17, 15) is 39.3 Å². The molecule has 19 nitrogen and oxygen atoms in total. The van der Waals surface area contributed by atoms with Gasteiger partial charge in [-0.3, -0.25) is 14.2 Å². The molecule has 2 fully saturated rings. The van der Waals surface area contributed by atoms with Crippen molar-refractivity contribution in [2.45, 2.75) is 46.5 Å². The van der Waals surface area contributed by atoms with Crippen molar-refractivity contribution in [3.05, 3.63) is 189 Å². The zero-order valence-electron chi connectivity index (χ0n) is 51.2. The van der Waals surface area contributed by atoms with E-state index in [1.165, 1.54) is 78.4 Å². The number of ketones is 1. The number of carbonyl (C=O) groups is 5. The Bertz CT molecular complexity index is 3820. The lowest BCUT2D eigenvalue weighted by atomic mass is 9.98. The molecular weight excluding hydrogens is 1110 g/mol. The number of hydrogen-bond donors (Lipinski definition) is 5. The number of fused-ring (bicyclic) bond motifs is 2. The number of Topliss-reactive ketones (excluding diaryl/α,β-unsaturated/α-hetero) is 1. The maximum absolute atomic E-state index is 12.9. The lowest BCUT2D eigenvalue weighted by Gasteiger charge is -2.19.